The van der Waals surface area contributed by atoms with Crippen LogP contribution in [-0.2, 0) is 0 Å². The van der Waals surface area contributed by atoms with Crippen molar-refractivity contribution in [3.8, 4) is 11.6 Å². The minimum Gasteiger partial charge on any atom is -0.489 e. The van der Waals surface area contributed by atoms with Crippen LogP contribution in [0.1, 0.15) is 49.9 Å². The molecule has 3 rings (SSSR count). The first kappa shape index (κ1) is 25.3. The van der Waals surface area contributed by atoms with Crippen LogP contribution in [0.4, 0.5) is 19.1 Å². The highest BCUT2D eigenvalue weighted by molar-refractivity contribution is 5.66. The second kappa shape index (κ2) is 11.2. The summed E-state index contributed by atoms with van der Waals surface area (Å²) >= 11 is 0. The Morgan fingerprint density at radius 1 is 1.18 bits per heavy atom. The van der Waals surface area contributed by atoms with Crippen molar-refractivity contribution in [2.24, 2.45) is 11.6 Å². The molecule has 186 valence electrons. The molecular weight excluding hydrogens is 451 g/mol. The zero-order chi connectivity index (χ0) is 24.7. The van der Waals surface area contributed by atoms with Gasteiger partial charge < -0.3 is 20.5 Å². The summed E-state index contributed by atoms with van der Waals surface area (Å²) in [6.45, 7) is 1.29. The Morgan fingerprint density at radius 3 is 2.56 bits per heavy atom. The van der Waals surface area contributed by atoms with Crippen LogP contribution < -0.4 is 26.4 Å². The molecule has 0 aliphatic heterocycles. The van der Waals surface area contributed by atoms with E-state index in [4.69, 9.17) is 21.1 Å². The standard InChI is InChI=1S/C22H30F3N7O2/c1-14-17(34-15-6-4-3-5-7-15)9-8-16(29-14)19(26)20(32(2)27)31-21-28-12-10-18(30-21)33-13-11-22(23,24)25/h8-10,12,15H,3-7,11,13,26-27H2,1-2H3,(H,28,30,31)/b20-19-. The molecule has 0 atom stereocenters. The number of aromatic nitrogens is 3. The minimum absolute atomic E-state index is 0.0162. The first-order chi connectivity index (χ1) is 16.1. The number of ether oxygens (including phenoxy) is 2. The van der Waals surface area contributed by atoms with E-state index in [2.05, 4.69) is 20.3 Å². The van der Waals surface area contributed by atoms with Crippen molar-refractivity contribution < 1.29 is 22.6 Å². The molecule has 1 fully saturated rings. The van der Waals surface area contributed by atoms with Crippen LogP contribution in [0, 0.1) is 6.92 Å². The maximum Gasteiger partial charge on any atom is 0.392 e. The van der Waals surface area contributed by atoms with E-state index in [-0.39, 0.29) is 29.5 Å². The first-order valence-corrected chi connectivity index (χ1v) is 11.0. The largest absolute Gasteiger partial charge is 0.489 e. The second-order valence-corrected chi connectivity index (χ2v) is 8.09. The monoisotopic (exact) mass is 481 g/mol. The molecule has 0 bridgehead atoms. The van der Waals surface area contributed by atoms with Crippen molar-refractivity contribution in [3.63, 3.8) is 0 Å². The molecule has 2 aromatic rings. The van der Waals surface area contributed by atoms with Gasteiger partial charge in [0.15, 0.2) is 0 Å². The lowest BCUT2D eigenvalue weighted by Crippen LogP contribution is -2.32. The molecule has 9 nitrogen and oxygen atoms in total. The van der Waals surface area contributed by atoms with Gasteiger partial charge in [-0.15, -0.1) is 0 Å². The van der Waals surface area contributed by atoms with Crippen molar-refractivity contribution in [2.45, 2.75) is 57.7 Å². The Labute approximate surface area is 196 Å². The number of pyridine rings is 1. The van der Waals surface area contributed by atoms with Crippen molar-refractivity contribution in [2.75, 3.05) is 19.0 Å². The molecule has 1 saturated carbocycles. The van der Waals surface area contributed by atoms with E-state index in [1.807, 2.05) is 13.0 Å². The topological polar surface area (TPSA) is 124 Å². The molecule has 0 amide bonds. The first-order valence-electron chi connectivity index (χ1n) is 11.0. The summed E-state index contributed by atoms with van der Waals surface area (Å²) in [6.07, 6.45) is 1.79. The summed E-state index contributed by atoms with van der Waals surface area (Å²) in [4.78, 5) is 12.7. The third kappa shape index (κ3) is 7.37. The molecular formula is C22H30F3N7O2. The van der Waals surface area contributed by atoms with Gasteiger partial charge in [0.1, 0.15) is 17.3 Å². The smallest absolute Gasteiger partial charge is 0.392 e. The highest BCUT2D eigenvalue weighted by atomic mass is 19.4. The Bertz CT molecular complexity index is 993. The fourth-order valence-corrected chi connectivity index (χ4v) is 3.51. The number of hydrazine groups is 1. The summed E-state index contributed by atoms with van der Waals surface area (Å²) < 4.78 is 48.2. The minimum atomic E-state index is -4.32. The Kier molecular flexibility index (Phi) is 8.37. The van der Waals surface area contributed by atoms with Crippen molar-refractivity contribution in [3.05, 3.63) is 41.6 Å². The molecule has 12 heteroatoms. The van der Waals surface area contributed by atoms with Gasteiger partial charge in [-0.2, -0.15) is 18.2 Å². The number of nitrogens with one attached hydrogen (secondary N) is 1. The van der Waals surface area contributed by atoms with E-state index < -0.39 is 19.2 Å². The maximum absolute atomic E-state index is 12.3. The molecule has 0 aromatic carbocycles. The fraction of sp³-hybridized carbons (Fsp3) is 0.500. The molecule has 0 saturated heterocycles. The van der Waals surface area contributed by atoms with Crippen LogP contribution in [-0.4, -0.2) is 45.9 Å². The Morgan fingerprint density at radius 2 is 1.91 bits per heavy atom. The molecule has 1 aliphatic rings. The average Bonchev–Trinajstić information content (AvgIpc) is 2.78. The number of hydrogen-bond acceptors (Lipinski definition) is 9. The highest BCUT2D eigenvalue weighted by Gasteiger charge is 2.27. The number of aryl methyl sites for hydroxylation is 1. The summed E-state index contributed by atoms with van der Waals surface area (Å²) in [5, 5.41) is 4.12. The quantitative estimate of drug-likeness (QED) is 0.363. The third-order valence-corrected chi connectivity index (χ3v) is 5.26. The van der Waals surface area contributed by atoms with Gasteiger partial charge in [0, 0.05) is 19.3 Å². The summed E-state index contributed by atoms with van der Waals surface area (Å²) in [5.41, 5.74) is 7.72. The van der Waals surface area contributed by atoms with Crippen LogP contribution in [0.25, 0.3) is 5.70 Å². The van der Waals surface area contributed by atoms with Crippen molar-refractivity contribution >= 4 is 11.6 Å². The fourth-order valence-electron chi connectivity index (χ4n) is 3.51. The molecule has 2 heterocycles. The highest BCUT2D eigenvalue weighted by Crippen LogP contribution is 2.26. The van der Waals surface area contributed by atoms with Crippen molar-refractivity contribution in [1.82, 2.24) is 20.0 Å². The van der Waals surface area contributed by atoms with Gasteiger partial charge in [-0.25, -0.2) is 15.8 Å². The SMILES string of the molecule is Cc1nc(/C(N)=C(\Nc2nccc(OCCC(F)(F)F)n2)N(C)N)ccc1OC1CCCCC1. The van der Waals surface area contributed by atoms with Gasteiger partial charge >= 0.3 is 6.18 Å². The van der Waals surface area contributed by atoms with Crippen LogP contribution in [0.3, 0.4) is 0 Å². The molecule has 34 heavy (non-hydrogen) atoms. The van der Waals surface area contributed by atoms with Gasteiger partial charge in [-0.3, -0.25) is 5.01 Å². The number of rotatable bonds is 9. The number of halogens is 3. The predicted octanol–water partition coefficient (Wildman–Crippen LogP) is 3.73. The Balaban J connectivity index is 1.74. The van der Waals surface area contributed by atoms with Gasteiger partial charge in [-0.1, -0.05) is 6.42 Å². The number of anilines is 1. The zero-order valence-electron chi connectivity index (χ0n) is 19.2. The zero-order valence-corrected chi connectivity index (χ0v) is 19.2. The van der Waals surface area contributed by atoms with E-state index in [0.29, 0.717) is 17.1 Å². The van der Waals surface area contributed by atoms with Gasteiger partial charge in [0.2, 0.25) is 11.8 Å². The van der Waals surface area contributed by atoms with Gasteiger partial charge in [0.25, 0.3) is 0 Å². The van der Waals surface area contributed by atoms with Crippen LogP contribution in [0.15, 0.2) is 30.2 Å². The average molecular weight is 482 g/mol. The van der Waals surface area contributed by atoms with Gasteiger partial charge in [-0.05, 0) is 44.7 Å². The third-order valence-electron chi connectivity index (χ3n) is 5.26. The van der Waals surface area contributed by atoms with E-state index in [1.54, 1.807) is 13.1 Å². The lowest BCUT2D eigenvalue weighted by molar-refractivity contribution is -0.139. The maximum atomic E-state index is 12.3. The van der Waals surface area contributed by atoms with E-state index in [0.717, 1.165) is 12.8 Å². The van der Waals surface area contributed by atoms with Crippen LogP contribution in [0.5, 0.6) is 11.6 Å². The summed E-state index contributed by atoms with van der Waals surface area (Å²) in [6, 6.07) is 4.93. The molecule has 0 radical (unpaired) electrons. The number of hydrogen-bond donors (Lipinski definition) is 3. The lowest BCUT2D eigenvalue weighted by Gasteiger charge is -2.24. The predicted molar refractivity (Wildman–Crippen MR) is 121 cm³/mol. The normalized spacial score (nSPS) is 15.5. The lowest BCUT2D eigenvalue weighted by atomic mass is 9.98. The number of nitrogens with two attached hydrogens (primary N) is 2. The van der Waals surface area contributed by atoms with Crippen LogP contribution >= 0.6 is 0 Å². The summed E-state index contributed by atoms with van der Waals surface area (Å²) in [7, 11) is 1.56. The van der Waals surface area contributed by atoms with E-state index >= 15 is 0 Å². The summed E-state index contributed by atoms with van der Waals surface area (Å²) in [5.74, 6) is 6.95. The number of alkyl halides is 3. The molecule has 1 aliphatic carbocycles. The van der Waals surface area contributed by atoms with Crippen LogP contribution in [0.2, 0.25) is 0 Å². The Hall–Kier alpha value is -3.28. The van der Waals surface area contributed by atoms with E-state index in [1.165, 1.54) is 36.5 Å². The van der Waals surface area contributed by atoms with E-state index in [9.17, 15) is 13.2 Å². The van der Waals surface area contributed by atoms with Crippen molar-refractivity contribution in [1.29, 1.82) is 0 Å². The number of nitrogens with zero attached hydrogens (tertiary/aromatic N) is 4. The molecule has 5 N–H and O–H groups in total. The molecule has 0 unspecified atom stereocenters. The molecule has 0 spiro atoms. The molecule has 2 aromatic heterocycles. The second-order valence-electron chi connectivity index (χ2n) is 8.09. The van der Waals surface area contributed by atoms with Gasteiger partial charge in [0.05, 0.1) is 30.5 Å².